The minimum atomic E-state index is -3.20. The number of benzene rings is 1. The first kappa shape index (κ1) is 16.0. The summed E-state index contributed by atoms with van der Waals surface area (Å²) in [4.78, 5) is 12.0. The van der Waals surface area contributed by atoms with Crippen molar-refractivity contribution in [2.75, 3.05) is 5.75 Å². The molecule has 0 bridgehead atoms. The highest BCUT2D eigenvalue weighted by atomic mass is 32.2. The lowest BCUT2D eigenvalue weighted by Gasteiger charge is -2.10. The van der Waals surface area contributed by atoms with Crippen LogP contribution in [0.25, 0.3) is 0 Å². The van der Waals surface area contributed by atoms with Crippen LogP contribution in [0, 0.1) is 0 Å². The van der Waals surface area contributed by atoms with Crippen LogP contribution in [0.1, 0.15) is 26.7 Å². The summed E-state index contributed by atoms with van der Waals surface area (Å²) in [5.74, 6) is -0.721. The van der Waals surface area contributed by atoms with Crippen molar-refractivity contribution >= 4 is 27.6 Å². The smallest absolute Gasteiger partial charge is 0.316 e. The van der Waals surface area contributed by atoms with Crippen LogP contribution >= 0.6 is 11.8 Å². The van der Waals surface area contributed by atoms with Crippen LogP contribution in [-0.4, -0.2) is 30.5 Å². The Hall–Kier alpha value is -1.01. The number of carboxylic acid groups (broad SMARTS) is 1. The lowest BCUT2D eigenvalue weighted by atomic mass is 10.3. The molecule has 0 saturated carbocycles. The first-order valence-corrected chi connectivity index (χ1v) is 8.66. The molecule has 1 rings (SSSR count). The molecule has 0 aromatic heterocycles. The number of hydrogen-bond donors (Lipinski definition) is 1. The normalized spacial score (nSPS) is 13.2. The first-order valence-electron chi connectivity index (χ1n) is 6.13. The van der Waals surface area contributed by atoms with Gasteiger partial charge in [-0.15, -0.1) is 11.8 Å². The lowest BCUT2D eigenvalue weighted by Crippen LogP contribution is -2.14. The molecule has 0 aliphatic rings. The SMILES string of the molecule is CCCS(=O)(=O)c1ccc(SC(CC)C(=O)O)cc1. The minimum absolute atomic E-state index is 0.131. The van der Waals surface area contributed by atoms with Gasteiger partial charge in [0.15, 0.2) is 9.84 Å². The number of hydrogen-bond acceptors (Lipinski definition) is 4. The van der Waals surface area contributed by atoms with Gasteiger partial charge in [-0.2, -0.15) is 0 Å². The average molecular weight is 302 g/mol. The van der Waals surface area contributed by atoms with E-state index in [4.69, 9.17) is 5.11 Å². The zero-order chi connectivity index (χ0) is 14.5. The Bertz CT molecular complexity index is 520. The first-order chi connectivity index (χ1) is 8.90. The van der Waals surface area contributed by atoms with Gasteiger partial charge in [-0.05, 0) is 37.1 Å². The van der Waals surface area contributed by atoms with E-state index in [1.54, 1.807) is 24.3 Å². The third-order valence-corrected chi connectivity index (χ3v) is 5.88. The number of sulfone groups is 1. The summed E-state index contributed by atoms with van der Waals surface area (Å²) in [6, 6.07) is 6.42. The fraction of sp³-hybridized carbons (Fsp3) is 0.462. The Balaban J connectivity index is 2.85. The molecule has 0 heterocycles. The van der Waals surface area contributed by atoms with E-state index in [1.807, 2.05) is 13.8 Å². The maximum atomic E-state index is 11.8. The number of carboxylic acids is 1. The Morgan fingerprint density at radius 2 is 1.84 bits per heavy atom. The van der Waals surface area contributed by atoms with E-state index >= 15 is 0 Å². The van der Waals surface area contributed by atoms with Crippen LogP contribution in [0.4, 0.5) is 0 Å². The molecule has 0 amide bonds. The molecular formula is C13H18O4S2. The average Bonchev–Trinajstić information content (AvgIpc) is 2.36. The molecule has 106 valence electrons. The quantitative estimate of drug-likeness (QED) is 0.784. The highest BCUT2D eigenvalue weighted by molar-refractivity contribution is 8.00. The summed E-state index contributed by atoms with van der Waals surface area (Å²) in [7, 11) is -3.20. The molecule has 0 fully saturated rings. The van der Waals surface area contributed by atoms with Gasteiger partial charge in [0, 0.05) is 4.90 Å². The maximum Gasteiger partial charge on any atom is 0.316 e. The molecule has 0 saturated heterocycles. The number of aliphatic carboxylic acids is 1. The Labute approximate surface area is 118 Å². The number of rotatable bonds is 7. The van der Waals surface area contributed by atoms with Crippen LogP contribution in [-0.2, 0) is 14.6 Å². The second-order valence-electron chi connectivity index (χ2n) is 4.14. The lowest BCUT2D eigenvalue weighted by molar-refractivity contribution is -0.136. The highest BCUT2D eigenvalue weighted by Gasteiger charge is 2.17. The van der Waals surface area contributed by atoms with Crippen molar-refractivity contribution in [2.45, 2.75) is 41.7 Å². The molecule has 0 spiro atoms. The van der Waals surface area contributed by atoms with Gasteiger partial charge in [-0.25, -0.2) is 8.42 Å². The Kier molecular flexibility index (Phi) is 5.87. The van der Waals surface area contributed by atoms with Gasteiger partial charge in [0.25, 0.3) is 0 Å². The molecule has 1 aromatic carbocycles. The summed E-state index contributed by atoms with van der Waals surface area (Å²) >= 11 is 1.24. The molecule has 0 aliphatic carbocycles. The van der Waals surface area contributed by atoms with Crippen molar-refractivity contribution in [1.82, 2.24) is 0 Å². The molecule has 1 unspecified atom stereocenters. The molecule has 6 heteroatoms. The summed E-state index contributed by atoms with van der Waals surface area (Å²) < 4.78 is 23.7. The van der Waals surface area contributed by atoms with Gasteiger partial charge in [-0.3, -0.25) is 4.79 Å². The Morgan fingerprint density at radius 1 is 1.26 bits per heavy atom. The van der Waals surface area contributed by atoms with E-state index in [0.29, 0.717) is 17.7 Å². The summed E-state index contributed by atoms with van der Waals surface area (Å²) in [5, 5.41) is 8.47. The van der Waals surface area contributed by atoms with E-state index < -0.39 is 21.1 Å². The molecule has 0 radical (unpaired) electrons. The largest absolute Gasteiger partial charge is 0.480 e. The number of carbonyl (C=O) groups is 1. The fourth-order valence-electron chi connectivity index (χ4n) is 1.58. The van der Waals surface area contributed by atoms with Crippen LogP contribution < -0.4 is 0 Å². The van der Waals surface area contributed by atoms with E-state index in [2.05, 4.69) is 0 Å². The van der Waals surface area contributed by atoms with Gasteiger partial charge in [-0.1, -0.05) is 13.8 Å². The predicted octanol–water partition coefficient (Wildman–Crippen LogP) is 2.83. The Morgan fingerprint density at radius 3 is 2.26 bits per heavy atom. The summed E-state index contributed by atoms with van der Waals surface area (Å²) in [6.07, 6.45) is 1.10. The topological polar surface area (TPSA) is 71.4 Å². The molecule has 1 atom stereocenters. The van der Waals surface area contributed by atoms with Gasteiger partial charge >= 0.3 is 5.97 Å². The molecule has 19 heavy (non-hydrogen) atoms. The van der Waals surface area contributed by atoms with Crippen molar-refractivity contribution in [3.8, 4) is 0 Å². The van der Waals surface area contributed by atoms with Gasteiger partial charge in [0.1, 0.15) is 5.25 Å². The third-order valence-electron chi connectivity index (χ3n) is 2.58. The van der Waals surface area contributed by atoms with Gasteiger partial charge < -0.3 is 5.11 Å². The minimum Gasteiger partial charge on any atom is -0.480 e. The fourth-order valence-corrected chi connectivity index (χ4v) is 3.80. The van der Waals surface area contributed by atoms with Crippen molar-refractivity contribution < 1.29 is 18.3 Å². The molecule has 4 nitrogen and oxygen atoms in total. The second-order valence-corrected chi connectivity index (χ2v) is 7.53. The zero-order valence-electron chi connectivity index (χ0n) is 11.0. The van der Waals surface area contributed by atoms with E-state index in [0.717, 1.165) is 4.90 Å². The monoisotopic (exact) mass is 302 g/mol. The van der Waals surface area contributed by atoms with E-state index in [1.165, 1.54) is 11.8 Å². The van der Waals surface area contributed by atoms with E-state index in [-0.39, 0.29) is 5.75 Å². The summed E-state index contributed by atoms with van der Waals surface area (Å²) in [5.41, 5.74) is 0. The number of thioether (sulfide) groups is 1. The molecule has 1 aromatic rings. The van der Waals surface area contributed by atoms with E-state index in [9.17, 15) is 13.2 Å². The van der Waals surface area contributed by atoms with Gasteiger partial charge in [0.05, 0.1) is 10.6 Å². The van der Waals surface area contributed by atoms with Crippen LogP contribution in [0.15, 0.2) is 34.1 Å². The van der Waals surface area contributed by atoms with Crippen LogP contribution in [0.2, 0.25) is 0 Å². The van der Waals surface area contributed by atoms with Crippen molar-refractivity contribution in [1.29, 1.82) is 0 Å². The van der Waals surface area contributed by atoms with Crippen molar-refractivity contribution in [2.24, 2.45) is 0 Å². The second kappa shape index (κ2) is 6.96. The molecule has 1 N–H and O–H groups in total. The molecule has 0 aliphatic heterocycles. The zero-order valence-corrected chi connectivity index (χ0v) is 12.6. The van der Waals surface area contributed by atoms with Crippen molar-refractivity contribution in [3.63, 3.8) is 0 Å². The predicted molar refractivity (Wildman–Crippen MR) is 76.4 cm³/mol. The van der Waals surface area contributed by atoms with Crippen LogP contribution in [0.3, 0.4) is 0 Å². The van der Waals surface area contributed by atoms with Gasteiger partial charge in [0.2, 0.25) is 0 Å². The third kappa shape index (κ3) is 4.54. The standard InChI is InChI=1S/C13H18O4S2/c1-3-9-19(16,17)11-7-5-10(6-8-11)18-12(4-2)13(14)15/h5-8,12H,3-4,9H2,1-2H3,(H,14,15). The maximum absolute atomic E-state index is 11.8. The molecular weight excluding hydrogens is 284 g/mol. The highest BCUT2D eigenvalue weighted by Crippen LogP contribution is 2.26. The van der Waals surface area contributed by atoms with Crippen LogP contribution in [0.5, 0.6) is 0 Å². The van der Waals surface area contributed by atoms with Crippen molar-refractivity contribution in [3.05, 3.63) is 24.3 Å². The summed E-state index contributed by atoms with van der Waals surface area (Å²) in [6.45, 7) is 3.63.